The predicted molar refractivity (Wildman–Crippen MR) is 66.6 cm³/mol. The van der Waals surface area contributed by atoms with Crippen LogP contribution in [0, 0.1) is 5.92 Å². The second-order valence-corrected chi connectivity index (χ2v) is 5.34. The van der Waals surface area contributed by atoms with Crippen LogP contribution in [0.2, 0.25) is 0 Å². The number of rotatable bonds is 5. The van der Waals surface area contributed by atoms with Gasteiger partial charge in [0.2, 0.25) is 0 Å². The maximum Gasteiger partial charge on any atom is 0.0637 e. The van der Waals surface area contributed by atoms with E-state index in [1.54, 1.807) is 0 Å². The van der Waals surface area contributed by atoms with Crippen LogP contribution in [0.25, 0.3) is 0 Å². The molecule has 0 aromatic carbocycles. The van der Waals surface area contributed by atoms with Gasteiger partial charge in [-0.05, 0) is 45.7 Å². The van der Waals surface area contributed by atoms with Crippen molar-refractivity contribution >= 4 is 0 Å². The Morgan fingerprint density at radius 2 is 2.12 bits per heavy atom. The zero-order valence-electron chi connectivity index (χ0n) is 10.9. The molecule has 0 aromatic rings. The number of likely N-dealkylation sites (N-methyl/N-ethyl adjacent to an activating group) is 2. The highest BCUT2D eigenvalue weighted by Gasteiger charge is 2.36. The molecule has 2 fully saturated rings. The molecule has 3 unspecified atom stereocenters. The van der Waals surface area contributed by atoms with E-state index < -0.39 is 0 Å². The zero-order valence-corrected chi connectivity index (χ0v) is 10.9. The molecule has 0 radical (unpaired) electrons. The van der Waals surface area contributed by atoms with Gasteiger partial charge in [-0.15, -0.1) is 0 Å². The lowest BCUT2D eigenvalue weighted by Crippen LogP contribution is -2.56. The molecule has 3 nitrogen and oxygen atoms in total. The lowest BCUT2D eigenvalue weighted by atomic mass is 9.99. The summed E-state index contributed by atoms with van der Waals surface area (Å²) in [4.78, 5) is 2.55. The summed E-state index contributed by atoms with van der Waals surface area (Å²) in [5.41, 5.74) is 0. The molecule has 2 aliphatic rings. The minimum absolute atomic E-state index is 0.560. The third-order valence-electron chi connectivity index (χ3n) is 4.26. The van der Waals surface area contributed by atoms with E-state index in [4.69, 9.17) is 4.74 Å². The van der Waals surface area contributed by atoms with Crippen molar-refractivity contribution in [2.45, 2.75) is 51.2 Å². The van der Waals surface area contributed by atoms with Gasteiger partial charge in [-0.1, -0.05) is 6.92 Å². The summed E-state index contributed by atoms with van der Waals surface area (Å²) >= 11 is 0. The van der Waals surface area contributed by atoms with Crippen LogP contribution in [0.1, 0.15) is 33.1 Å². The topological polar surface area (TPSA) is 24.5 Å². The van der Waals surface area contributed by atoms with E-state index in [9.17, 15) is 0 Å². The number of nitrogens with zero attached hydrogens (tertiary/aromatic N) is 1. The van der Waals surface area contributed by atoms with Gasteiger partial charge in [0.25, 0.3) is 0 Å². The van der Waals surface area contributed by atoms with Crippen LogP contribution >= 0.6 is 0 Å². The van der Waals surface area contributed by atoms with Crippen molar-refractivity contribution < 1.29 is 4.74 Å². The fourth-order valence-electron chi connectivity index (χ4n) is 2.84. The van der Waals surface area contributed by atoms with Gasteiger partial charge in [0.05, 0.1) is 6.61 Å². The minimum Gasteiger partial charge on any atom is -0.380 e. The Hall–Kier alpha value is -0.120. The summed E-state index contributed by atoms with van der Waals surface area (Å²) in [6.45, 7) is 7.43. The number of nitrogens with one attached hydrogen (secondary N) is 1. The van der Waals surface area contributed by atoms with Crippen molar-refractivity contribution in [2.75, 3.05) is 26.8 Å². The molecule has 94 valence electrons. The molecule has 3 atom stereocenters. The minimum atomic E-state index is 0.560. The second kappa shape index (κ2) is 5.48. The van der Waals surface area contributed by atoms with Crippen LogP contribution in [0.15, 0.2) is 0 Å². The summed E-state index contributed by atoms with van der Waals surface area (Å²) < 4.78 is 5.65. The Morgan fingerprint density at radius 3 is 2.75 bits per heavy atom. The van der Waals surface area contributed by atoms with Crippen molar-refractivity contribution in [3.63, 3.8) is 0 Å². The Balaban J connectivity index is 1.92. The maximum atomic E-state index is 5.65. The predicted octanol–water partition coefficient (Wildman–Crippen LogP) is 1.48. The fraction of sp³-hybridized carbons (Fsp3) is 1.00. The summed E-state index contributed by atoms with van der Waals surface area (Å²) in [5.74, 6) is 0.939. The summed E-state index contributed by atoms with van der Waals surface area (Å²) in [5, 5.41) is 3.61. The van der Waals surface area contributed by atoms with E-state index in [0.29, 0.717) is 18.1 Å². The smallest absolute Gasteiger partial charge is 0.0637 e. The largest absolute Gasteiger partial charge is 0.380 e. The quantitative estimate of drug-likeness (QED) is 0.768. The third-order valence-corrected chi connectivity index (χ3v) is 4.26. The van der Waals surface area contributed by atoms with Crippen molar-refractivity contribution in [3.05, 3.63) is 0 Å². The number of hydrogen-bond acceptors (Lipinski definition) is 3. The summed E-state index contributed by atoms with van der Waals surface area (Å²) in [6.07, 6.45) is 4.00. The van der Waals surface area contributed by atoms with Gasteiger partial charge in [0, 0.05) is 24.7 Å². The van der Waals surface area contributed by atoms with E-state index >= 15 is 0 Å². The Bertz CT molecular complexity index is 216. The molecular formula is C13H26N2O. The Kier molecular flexibility index (Phi) is 4.22. The lowest BCUT2D eigenvalue weighted by molar-refractivity contribution is -0.00870. The van der Waals surface area contributed by atoms with Crippen LogP contribution in [0.5, 0.6) is 0 Å². The van der Waals surface area contributed by atoms with Crippen LogP contribution in [-0.4, -0.2) is 49.8 Å². The van der Waals surface area contributed by atoms with Crippen LogP contribution in [-0.2, 0) is 4.74 Å². The van der Waals surface area contributed by atoms with Crippen molar-refractivity contribution in [2.24, 2.45) is 5.92 Å². The van der Waals surface area contributed by atoms with Gasteiger partial charge in [-0.25, -0.2) is 0 Å². The molecule has 16 heavy (non-hydrogen) atoms. The molecule has 3 heteroatoms. The monoisotopic (exact) mass is 226 g/mol. The first-order valence-corrected chi connectivity index (χ1v) is 6.77. The molecule has 1 heterocycles. The SMILES string of the molecule is CCNC1CCOCC1N(C)C(C)C1CC1. The normalized spacial score (nSPS) is 33.0. The van der Waals surface area contributed by atoms with Gasteiger partial charge in [0.15, 0.2) is 0 Å². The molecule has 0 amide bonds. The van der Waals surface area contributed by atoms with Crippen LogP contribution in [0.3, 0.4) is 0 Å². The Morgan fingerprint density at radius 1 is 1.38 bits per heavy atom. The molecule has 1 saturated heterocycles. The molecule has 1 aliphatic carbocycles. The first-order valence-electron chi connectivity index (χ1n) is 6.77. The molecule has 1 N–H and O–H groups in total. The van der Waals surface area contributed by atoms with Gasteiger partial charge in [-0.2, -0.15) is 0 Å². The van der Waals surface area contributed by atoms with Gasteiger partial charge >= 0.3 is 0 Å². The van der Waals surface area contributed by atoms with Crippen molar-refractivity contribution in [1.82, 2.24) is 10.2 Å². The zero-order chi connectivity index (χ0) is 11.5. The van der Waals surface area contributed by atoms with Gasteiger partial charge in [-0.3, -0.25) is 4.90 Å². The molecule has 1 saturated carbocycles. The average molecular weight is 226 g/mol. The highest BCUT2D eigenvalue weighted by atomic mass is 16.5. The molecule has 1 aliphatic heterocycles. The first-order chi connectivity index (χ1) is 7.74. The molecule has 2 rings (SSSR count). The highest BCUT2D eigenvalue weighted by Crippen LogP contribution is 2.35. The molecule has 0 bridgehead atoms. The maximum absolute atomic E-state index is 5.65. The molecule has 0 spiro atoms. The highest BCUT2D eigenvalue weighted by molar-refractivity contribution is 4.92. The van der Waals surface area contributed by atoms with E-state index in [2.05, 4.69) is 31.1 Å². The Labute approximate surface area is 99.5 Å². The van der Waals surface area contributed by atoms with Crippen LogP contribution < -0.4 is 5.32 Å². The molecular weight excluding hydrogens is 200 g/mol. The number of hydrogen-bond donors (Lipinski definition) is 1. The first kappa shape index (κ1) is 12.3. The van der Waals surface area contributed by atoms with E-state index in [1.807, 2.05) is 0 Å². The van der Waals surface area contributed by atoms with E-state index in [-0.39, 0.29) is 0 Å². The van der Waals surface area contributed by atoms with Crippen molar-refractivity contribution in [3.8, 4) is 0 Å². The standard InChI is InChI=1S/C13H26N2O/c1-4-14-12-7-8-16-9-13(12)15(3)10(2)11-5-6-11/h10-14H,4-9H2,1-3H3. The van der Waals surface area contributed by atoms with E-state index in [0.717, 1.165) is 32.1 Å². The van der Waals surface area contributed by atoms with Crippen LogP contribution in [0.4, 0.5) is 0 Å². The number of ether oxygens (including phenoxy) is 1. The van der Waals surface area contributed by atoms with E-state index in [1.165, 1.54) is 12.8 Å². The van der Waals surface area contributed by atoms with Crippen molar-refractivity contribution in [1.29, 1.82) is 0 Å². The van der Waals surface area contributed by atoms with Gasteiger partial charge < -0.3 is 10.1 Å². The lowest BCUT2D eigenvalue weighted by Gasteiger charge is -2.41. The average Bonchev–Trinajstić information content (AvgIpc) is 3.12. The molecule has 0 aromatic heterocycles. The third kappa shape index (κ3) is 2.76. The fourth-order valence-corrected chi connectivity index (χ4v) is 2.84. The van der Waals surface area contributed by atoms with Gasteiger partial charge in [0.1, 0.15) is 0 Å². The summed E-state index contributed by atoms with van der Waals surface area (Å²) in [6, 6.07) is 1.89. The second-order valence-electron chi connectivity index (χ2n) is 5.34. The summed E-state index contributed by atoms with van der Waals surface area (Å²) in [7, 11) is 2.27.